The van der Waals surface area contributed by atoms with E-state index < -0.39 is 0 Å². The molecule has 0 N–H and O–H groups in total. The molecule has 0 saturated carbocycles. The second-order valence-electron chi connectivity index (χ2n) is 6.14. The van der Waals surface area contributed by atoms with Crippen LogP contribution in [0.2, 0.25) is 9.36 Å². The number of thiazole rings is 1. The molecule has 22 heavy (non-hydrogen) atoms. The first-order valence-electron chi connectivity index (χ1n) is 6.81. The molecular weight excluding hydrogens is 341 g/mol. The van der Waals surface area contributed by atoms with Crippen LogP contribution in [0.4, 0.5) is 0 Å². The Morgan fingerprint density at radius 2 is 1.86 bits per heavy atom. The van der Waals surface area contributed by atoms with E-state index in [2.05, 4.69) is 4.98 Å². The van der Waals surface area contributed by atoms with E-state index in [-0.39, 0.29) is 17.8 Å². The normalized spacial score (nSPS) is 11.5. The molecule has 2 rings (SSSR count). The van der Waals surface area contributed by atoms with E-state index >= 15 is 0 Å². The molecule has 0 bridgehead atoms. The highest BCUT2D eigenvalue weighted by atomic mass is 35.5. The minimum absolute atomic E-state index is 0.0595. The van der Waals surface area contributed by atoms with Crippen LogP contribution in [0.3, 0.4) is 0 Å². The number of rotatable bonds is 4. The van der Waals surface area contributed by atoms with E-state index in [1.807, 2.05) is 32.9 Å². The number of esters is 1. The summed E-state index contributed by atoms with van der Waals surface area (Å²) < 4.78 is 5.76. The third kappa shape index (κ3) is 4.97. The van der Waals surface area contributed by atoms with Crippen molar-refractivity contribution in [3.63, 3.8) is 0 Å². The number of hydrogen-bond acceptors (Lipinski definition) is 4. The summed E-state index contributed by atoms with van der Waals surface area (Å²) in [5, 5.41) is 1.43. The molecule has 0 saturated heterocycles. The van der Waals surface area contributed by atoms with Crippen LogP contribution in [-0.2, 0) is 16.0 Å². The third-order valence-electron chi connectivity index (χ3n) is 2.72. The Bertz CT molecular complexity index is 660. The number of hydrogen-bond donors (Lipinski definition) is 0. The molecule has 3 nitrogen and oxygen atoms in total. The molecule has 0 aliphatic rings. The van der Waals surface area contributed by atoms with E-state index in [4.69, 9.17) is 27.9 Å². The predicted molar refractivity (Wildman–Crippen MR) is 91.7 cm³/mol. The van der Waals surface area contributed by atoms with Gasteiger partial charge in [-0.25, -0.2) is 4.98 Å². The fourth-order valence-electron chi connectivity index (χ4n) is 1.64. The second kappa shape index (κ2) is 6.99. The standard InChI is InChI=1S/C16H17Cl2NO2S/c1-16(2,3)9-21-13(20)8-12-14(18)22-15(19-12)10-4-6-11(17)7-5-10/h4-7H,8-9H2,1-3H3. The van der Waals surface area contributed by atoms with E-state index in [0.29, 0.717) is 21.7 Å². The van der Waals surface area contributed by atoms with Gasteiger partial charge in [-0.05, 0) is 17.5 Å². The van der Waals surface area contributed by atoms with Crippen LogP contribution in [0.25, 0.3) is 10.6 Å². The molecule has 0 fully saturated rings. The van der Waals surface area contributed by atoms with Crippen molar-refractivity contribution >= 4 is 40.5 Å². The Kier molecular flexibility index (Phi) is 5.48. The molecule has 2 aromatic rings. The summed E-state index contributed by atoms with van der Waals surface area (Å²) in [4.78, 5) is 16.3. The zero-order valence-electron chi connectivity index (χ0n) is 12.7. The summed E-state index contributed by atoms with van der Waals surface area (Å²) in [7, 11) is 0. The fraction of sp³-hybridized carbons (Fsp3) is 0.375. The first kappa shape index (κ1) is 17.3. The molecule has 0 aliphatic heterocycles. The average Bonchev–Trinajstić information content (AvgIpc) is 2.78. The van der Waals surface area contributed by atoms with Crippen LogP contribution in [-0.4, -0.2) is 17.6 Å². The lowest BCUT2D eigenvalue weighted by Crippen LogP contribution is -2.19. The highest BCUT2D eigenvalue weighted by Gasteiger charge is 2.18. The van der Waals surface area contributed by atoms with Crippen LogP contribution in [0, 0.1) is 5.41 Å². The van der Waals surface area contributed by atoms with E-state index in [1.54, 1.807) is 12.1 Å². The average molecular weight is 358 g/mol. The summed E-state index contributed by atoms with van der Waals surface area (Å²) in [5.74, 6) is -0.315. The zero-order chi connectivity index (χ0) is 16.3. The number of halogens is 2. The number of nitrogens with zero attached hydrogens (tertiary/aromatic N) is 1. The summed E-state index contributed by atoms with van der Waals surface area (Å²) in [6.45, 7) is 6.40. The van der Waals surface area contributed by atoms with Crippen LogP contribution >= 0.6 is 34.5 Å². The lowest BCUT2D eigenvalue weighted by molar-refractivity contribution is -0.145. The predicted octanol–water partition coefficient (Wildman–Crippen LogP) is 5.25. The Morgan fingerprint density at radius 3 is 2.45 bits per heavy atom. The number of aromatic nitrogens is 1. The Morgan fingerprint density at radius 1 is 1.23 bits per heavy atom. The minimum atomic E-state index is -0.315. The minimum Gasteiger partial charge on any atom is -0.465 e. The van der Waals surface area contributed by atoms with Crippen LogP contribution < -0.4 is 0 Å². The van der Waals surface area contributed by atoms with Crippen LogP contribution in [0.5, 0.6) is 0 Å². The quantitative estimate of drug-likeness (QED) is 0.701. The summed E-state index contributed by atoms with van der Waals surface area (Å²) in [6.07, 6.45) is 0.0823. The molecule has 1 aromatic carbocycles. The van der Waals surface area contributed by atoms with Gasteiger partial charge in [0, 0.05) is 10.6 Å². The van der Waals surface area contributed by atoms with Gasteiger partial charge < -0.3 is 4.74 Å². The Labute approximate surface area is 144 Å². The van der Waals surface area contributed by atoms with Crippen molar-refractivity contribution in [3.05, 3.63) is 39.3 Å². The van der Waals surface area contributed by atoms with Gasteiger partial charge in [-0.15, -0.1) is 11.3 Å². The number of carbonyl (C=O) groups is 1. The van der Waals surface area contributed by atoms with Gasteiger partial charge in [-0.2, -0.15) is 0 Å². The molecule has 0 aliphatic carbocycles. The number of ether oxygens (including phenoxy) is 1. The van der Waals surface area contributed by atoms with Gasteiger partial charge in [0.15, 0.2) is 0 Å². The van der Waals surface area contributed by atoms with Crippen molar-refractivity contribution < 1.29 is 9.53 Å². The topological polar surface area (TPSA) is 39.2 Å². The molecule has 1 aromatic heterocycles. The van der Waals surface area contributed by atoms with E-state index in [0.717, 1.165) is 10.6 Å². The molecule has 0 amide bonds. The molecule has 118 valence electrons. The maximum Gasteiger partial charge on any atom is 0.311 e. The Hall–Kier alpha value is -1.10. The fourth-order valence-corrected chi connectivity index (χ4v) is 2.91. The number of carbonyl (C=O) groups excluding carboxylic acids is 1. The van der Waals surface area contributed by atoms with Gasteiger partial charge in [0.05, 0.1) is 18.7 Å². The Balaban J connectivity index is 2.07. The first-order chi connectivity index (χ1) is 10.2. The van der Waals surface area contributed by atoms with Crippen LogP contribution in [0.1, 0.15) is 26.5 Å². The smallest absolute Gasteiger partial charge is 0.311 e. The molecule has 0 radical (unpaired) electrons. The highest BCUT2D eigenvalue weighted by Crippen LogP contribution is 2.32. The second-order valence-corrected chi connectivity index (χ2v) is 8.18. The molecule has 0 atom stereocenters. The van der Waals surface area contributed by atoms with Crippen molar-refractivity contribution in [2.45, 2.75) is 27.2 Å². The SMILES string of the molecule is CC(C)(C)COC(=O)Cc1nc(-c2ccc(Cl)cc2)sc1Cl. The van der Waals surface area contributed by atoms with Crippen molar-refractivity contribution in [1.29, 1.82) is 0 Å². The van der Waals surface area contributed by atoms with Gasteiger partial charge in [-0.1, -0.05) is 56.1 Å². The number of benzene rings is 1. The lowest BCUT2D eigenvalue weighted by atomic mass is 9.99. The summed E-state index contributed by atoms with van der Waals surface area (Å²) >= 11 is 13.4. The van der Waals surface area contributed by atoms with Gasteiger partial charge >= 0.3 is 5.97 Å². The van der Waals surface area contributed by atoms with E-state index in [1.165, 1.54) is 11.3 Å². The maximum atomic E-state index is 11.9. The summed E-state index contributed by atoms with van der Waals surface area (Å²) in [5.41, 5.74) is 1.41. The summed E-state index contributed by atoms with van der Waals surface area (Å²) in [6, 6.07) is 7.34. The highest BCUT2D eigenvalue weighted by molar-refractivity contribution is 7.19. The molecule has 0 spiro atoms. The molecule has 0 unspecified atom stereocenters. The van der Waals surface area contributed by atoms with E-state index in [9.17, 15) is 4.79 Å². The van der Waals surface area contributed by atoms with Crippen molar-refractivity contribution in [2.24, 2.45) is 5.41 Å². The van der Waals surface area contributed by atoms with Gasteiger partial charge in [0.25, 0.3) is 0 Å². The van der Waals surface area contributed by atoms with Crippen molar-refractivity contribution in [1.82, 2.24) is 4.98 Å². The zero-order valence-corrected chi connectivity index (χ0v) is 15.0. The van der Waals surface area contributed by atoms with Gasteiger partial charge in [0.2, 0.25) is 0 Å². The first-order valence-corrected chi connectivity index (χ1v) is 8.38. The lowest BCUT2D eigenvalue weighted by Gasteiger charge is -2.17. The molecular formula is C16H17Cl2NO2S. The monoisotopic (exact) mass is 357 g/mol. The maximum absolute atomic E-state index is 11.9. The van der Waals surface area contributed by atoms with Crippen molar-refractivity contribution in [2.75, 3.05) is 6.61 Å². The van der Waals surface area contributed by atoms with Crippen molar-refractivity contribution in [3.8, 4) is 10.6 Å². The van der Waals surface area contributed by atoms with Gasteiger partial charge in [-0.3, -0.25) is 4.79 Å². The van der Waals surface area contributed by atoms with Gasteiger partial charge in [0.1, 0.15) is 9.34 Å². The molecule has 6 heteroatoms. The largest absolute Gasteiger partial charge is 0.465 e. The molecule has 1 heterocycles. The third-order valence-corrected chi connectivity index (χ3v) is 4.36. The van der Waals surface area contributed by atoms with Crippen LogP contribution in [0.15, 0.2) is 24.3 Å².